The summed E-state index contributed by atoms with van der Waals surface area (Å²) in [6, 6.07) is 2.78. The summed E-state index contributed by atoms with van der Waals surface area (Å²) in [5.41, 5.74) is 7.13. The number of oxime groups is 1. The van der Waals surface area contributed by atoms with Gasteiger partial charge >= 0.3 is 5.97 Å². The summed E-state index contributed by atoms with van der Waals surface area (Å²) in [5, 5.41) is 19.3. The van der Waals surface area contributed by atoms with Crippen LogP contribution in [0.5, 0.6) is 0 Å². The zero-order chi connectivity index (χ0) is 26.4. The number of aromatic nitrogens is 2. The van der Waals surface area contributed by atoms with Gasteiger partial charge in [-0.1, -0.05) is 17.1 Å². The van der Waals surface area contributed by atoms with Crippen LogP contribution in [0.25, 0.3) is 6.08 Å². The van der Waals surface area contributed by atoms with E-state index < -0.39 is 29.2 Å². The minimum Gasteiger partial charge on any atom is -0.477 e. The number of carbonyl (C=O) groups is 3. The van der Waals surface area contributed by atoms with Crippen LogP contribution in [0.2, 0.25) is 0 Å². The Morgan fingerprint density at radius 1 is 1.49 bits per heavy atom. The zero-order valence-corrected chi connectivity index (χ0v) is 21.5. The quantitative estimate of drug-likeness (QED) is 0.129. The molecule has 2 aliphatic heterocycles. The number of hydrogen-bond acceptors (Lipinski definition) is 11. The maximum Gasteiger partial charge on any atom is 0.352 e. The monoisotopic (exact) mass is 556 g/mol. The van der Waals surface area contributed by atoms with Gasteiger partial charge in [0.15, 0.2) is 17.5 Å². The molecule has 1 fully saturated rings. The van der Waals surface area contributed by atoms with Crippen LogP contribution in [-0.2, 0) is 19.2 Å². The molecule has 4 heterocycles. The average molecular weight is 557 g/mol. The van der Waals surface area contributed by atoms with Gasteiger partial charge in [0.25, 0.3) is 11.8 Å². The van der Waals surface area contributed by atoms with Crippen molar-refractivity contribution >= 4 is 69.6 Å². The highest BCUT2D eigenvalue weighted by Crippen LogP contribution is 2.41. The number of carboxylic acids is 1. The first-order valence-corrected chi connectivity index (χ1v) is 13.6. The molecular weight excluding hydrogens is 536 g/mol. The van der Waals surface area contributed by atoms with Crippen molar-refractivity contribution in [2.75, 3.05) is 23.8 Å². The number of pyridine rings is 1. The molecule has 11 nitrogen and oxygen atoms in total. The molecule has 0 saturated carbocycles. The van der Waals surface area contributed by atoms with E-state index >= 15 is 0 Å². The maximum atomic E-state index is 13.0. The lowest BCUT2D eigenvalue weighted by Gasteiger charge is -2.49. The molecule has 2 amide bonds. The second-order valence-electron chi connectivity index (χ2n) is 7.51. The molecule has 190 valence electrons. The van der Waals surface area contributed by atoms with Gasteiger partial charge in [-0.15, -0.1) is 41.3 Å². The number of β-lactam (4-membered cyclic amide) rings is 1. The van der Waals surface area contributed by atoms with Crippen LogP contribution in [0, 0.1) is 12.3 Å². The predicted molar refractivity (Wildman–Crippen MR) is 143 cm³/mol. The Balaban J connectivity index is 1.45. The molecule has 0 aliphatic carbocycles. The molecule has 2 aromatic rings. The van der Waals surface area contributed by atoms with E-state index in [1.54, 1.807) is 12.4 Å². The van der Waals surface area contributed by atoms with Gasteiger partial charge in [-0.3, -0.25) is 19.5 Å². The third kappa shape index (κ3) is 5.96. The molecule has 2 aromatic heterocycles. The van der Waals surface area contributed by atoms with Gasteiger partial charge in [0.1, 0.15) is 22.8 Å². The molecule has 0 radical (unpaired) electrons. The molecule has 2 atom stereocenters. The minimum absolute atomic E-state index is 0.0555. The summed E-state index contributed by atoms with van der Waals surface area (Å²) in [4.78, 5) is 52.3. The third-order valence-electron chi connectivity index (χ3n) is 5.12. The van der Waals surface area contributed by atoms with Gasteiger partial charge in [0, 0.05) is 29.3 Å². The summed E-state index contributed by atoms with van der Waals surface area (Å²) in [7, 11) is 0. The number of hydrogen-bond donors (Lipinski definition) is 3. The number of thiazole rings is 1. The molecular formula is C23H20N6O5S3. The molecule has 37 heavy (non-hydrogen) atoms. The lowest BCUT2D eigenvalue weighted by Crippen LogP contribution is -2.71. The first kappa shape index (κ1) is 26.3. The number of amides is 2. The van der Waals surface area contributed by atoms with Crippen LogP contribution in [0.3, 0.4) is 0 Å². The Bertz CT molecular complexity index is 1330. The standard InChI is InChI=1S/C23H20N6O5S3/c1-2-7-34-28-16(15-12-37-23(24)26-15)19(30)27-17-20(31)29-18(22(32)33)14(11-36-21(17)29)10-35-8-5-13-4-3-6-25-9-13/h1,3-6,8-9,12,17,21H,7,10-11H2,(H2,24,26)(H,27,30)(H,32,33)/b8-5-,28-16-/t17?,21-/m1/s1. The maximum absolute atomic E-state index is 13.0. The Kier molecular flexibility index (Phi) is 8.49. The molecule has 14 heteroatoms. The van der Waals surface area contributed by atoms with Crippen LogP contribution in [-0.4, -0.2) is 73.0 Å². The lowest BCUT2D eigenvalue weighted by molar-refractivity contribution is -0.150. The van der Waals surface area contributed by atoms with Crippen molar-refractivity contribution in [1.82, 2.24) is 20.2 Å². The number of fused-ring (bicyclic) bond motifs is 1. The lowest BCUT2D eigenvalue weighted by atomic mass is 10.0. The van der Waals surface area contributed by atoms with E-state index in [4.69, 9.17) is 17.0 Å². The number of nitrogens with two attached hydrogens (primary N) is 1. The van der Waals surface area contributed by atoms with Crippen LogP contribution in [0.15, 0.2) is 51.7 Å². The molecule has 4 rings (SSSR count). The highest BCUT2D eigenvalue weighted by Gasteiger charge is 2.54. The predicted octanol–water partition coefficient (Wildman–Crippen LogP) is 1.62. The normalized spacial score (nSPS) is 19.3. The molecule has 0 bridgehead atoms. The van der Waals surface area contributed by atoms with Crippen LogP contribution in [0.4, 0.5) is 5.13 Å². The number of nitrogens with one attached hydrogen (secondary N) is 1. The van der Waals surface area contributed by atoms with Gasteiger partial charge in [-0.25, -0.2) is 9.78 Å². The topological polar surface area (TPSA) is 160 Å². The van der Waals surface area contributed by atoms with E-state index in [-0.39, 0.29) is 28.8 Å². The fourth-order valence-electron chi connectivity index (χ4n) is 3.49. The number of aliphatic carboxylic acids is 1. The molecule has 1 saturated heterocycles. The molecule has 0 spiro atoms. The number of nitrogens with zero attached hydrogens (tertiary/aromatic N) is 4. The Morgan fingerprint density at radius 3 is 3.00 bits per heavy atom. The van der Waals surface area contributed by atoms with Gasteiger partial charge < -0.3 is 21.0 Å². The van der Waals surface area contributed by atoms with E-state index in [1.165, 1.54) is 33.8 Å². The second kappa shape index (κ2) is 12.0. The summed E-state index contributed by atoms with van der Waals surface area (Å²) in [6.07, 6.45) is 10.4. The SMILES string of the molecule is C#CCO/N=C(\C(=O)NC1C(=O)N2C(C(=O)O)=C(CS/C=C\c3cccnc3)CS[C@H]12)c1csc(N)n1. The highest BCUT2D eigenvalue weighted by atomic mass is 32.2. The van der Waals surface area contributed by atoms with Crippen molar-refractivity contribution in [3.8, 4) is 12.3 Å². The van der Waals surface area contributed by atoms with Crippen molar-refractivity contribution in [3.63, 3.8) is 0 Å². The van der Waals surface area contributed by atoms with Crippen molar-refractivity contribution in [2.24, 2.45) is 5.16 Å². The van der Waals surface area contributed by atoms with E-state index in [2.05, 4.69) is 26.4 Å². The number of carbonyl (C=O) groups excluding carboxylic acids is 2. The number of nitrogen functional groups attached to an aromatic ring is 1. The smallest absolute Gasteiger partial charge is 0.352 e. The van der Waals surface area contributed by atoms with Crippen molar-refractivity contribution in [2.45, 2.75) is 11.4 Å². The third-order valence-corrected chi connectivity index (χ3v) is 7.98. The number of terminal acetylenes is 1. The number of thioether (sulfide) groups is 2. The van der Waals surface area contributed by atoms with E-state index in [0.717, 1.165) is 16.9 Å². The highest BCUT2D eigenvalue weighted by molar-refractivity contribution is 8.02. The van der Waals surface area contributed by atoms with Crippen molar-refractivity contribution in [3.05, 3.63) is 57.8 Å². The van der Waals surface area contributed by atoms with Crippen LogP contribution in [0.1, 0.15) is 11.3 Å². The number of rotatable bonds is 10. The van der Waals surface area contributed by atoms with Gasteiger partial charge in [0.2, 0.25) is 0 Å². The van der Waals surface area contributed by atoms with Gasteiger partial charge in [-0.2, -0.15) is 0 Å². The number of anilines is 1. The Morgan fingerprint density at radius 2 is 2.32 bits per heavy atom. The fraction of sp³-hybridized carbons (Fsp3) is 0.217. The molecule has 0 aromatic carbocycles. The first-order chi connectivity index (χ1) is 17.9. The van der Waals surface area contributed by atoms with E-state index in [1.807, 2.05) is 23.6 Å². The first-order valence-electron chi connectivity index (χ1n) is 10.6. The largest absolute Gasteiger partial charge is 0.477 e. The van der Waals surface area contributed by atoms with Crippen molar-refractivity contribution in [1.29, 1.82) is 0 Å². The average Bonchev–Trinajstić information content (AvgIpc) is 3.33. The summed E-state index contributed by atoms with van der Waals surface area (Å²) < 4.78 is 0. The van der Waals surface area contributed by atoms with Crippen LogP contribution >= 0.6 is 34.9 Å². The van der Waals surface area contributed by atoms with Gasteiger partial charge in [-0.05, 0) is 28.7 Å². The Labute approximate surface area is 224 Å². The minimum atomic E-state index is -1.20. The second-order valence-corrected chi connectivity index (χ2v) is 10.4. The fourth-order valence-corrected chi connectivity index (χ4v) is 6.30. The summed E-state index contributed by atoms with van der Waals surface area (Å²) in [6.45, 7) is -0.171. The van der Waals surface area contributed by atoms with Gasteiger partial charge in [0.05, 0.1) is 0 Å². The van der Waals surface area contributed by atoms with E-state index in [9.17, 15) is 19.5 Å². The summed E-state index contributed by atoms with van der Waals surface area (Å²) >= 11 is 3.90. The molecule has 2 aliphatic rings. The number of carboxylic acid groups (broad SMARTS) is 1. The zero-order valence-electron chi connectivity index (χ0n) is 19.1. The molecule has 4 N–H and O–H groups in total. The Hall–Kier alpha value is -3.80. The van der Waals surface area contributed by atoms with E-state index in [0.29, 0.717) is 17.1 Å². The summed E-state index contributed by atoms with van der Waals surface area (Å²) in [5.74, 6) is 0.581. The van der Waals surface area contributed by atoms with Crippen molar-refractivity contribution < 1.29 is 24.3 Å². The molecule has 1 unspecified atom stereocenters. The van der Waals surface area contributed by atoms with Crippen LogP contribution < -0.4 is 11.1 Å².